The Morgan fingerprint density at radius 2 is 1.75 bits per heavy atom. The zero-order chi connectivity index (χ0) is 20.3. The highest BCUT2D eigenvalue weighted by atomic mass is 16.3. The van der Waals surface area contributed by atoms with Crippen molar-refractivity contribution in [1.29, 1.82) is 0 Å². The molecule has 1 aromatic rings. The van der Waals surface area contributed by atoms with E-state index in [1.165, 1.54) is 49.7 Å². The minimum Gasteiger partial charge on any atom is -0.508 e. The highest BCUT2D eigenvalue weighted by molar-refractivity contribution is 5.34. The predicted molar refractivity (Wildman–Crippen MR) is 117 cm³/mol. The normalized spacial score (nSPS) is 31.1. The van der Waals surface area contributed by atoms with Crippen LogP contribution < -0.4 is 0 Å². The van der Waals surface area contributed by atoms with Gasteiger partial charge in [0.1, 0.15) is 5.75 Å². The molecule has 1 aromatic carbocycles. The van der Waals surface area contributed by atoms with Crippen LogP contribution in [-0.4, -0.2) is 16.3 Å². The summed E-state index contributed by atoms with van der Waals surface area (Å²) in [6.07, 6.45) is 10.9. The van der Waals surface area contributed by atoms with Gasteiger partial charge in [-0.2, -0.15) is 0 Å². The predicted octanol–water partition coefficient (Wildman–Crippen LogP) is 6.51. The first kappa shape index (κ1) is 21.7. The molecule has 2 fully saturated rings. The quantitative estimate of drug-likeness (QED) is 0.534. The van der Waals surface area contributed by atoms with Crippen molar-refractivity contribution in [1.82, 2.24) is 0 Å². The smallest absolute Gasteiger partial charge is 0.115 e. The van der Waals surface area contributed by atoms with Gasteiger partial charge in [0.15, 0.2) is 0 Å². The van der Waals surface area contributed by atoms with E-state index in [0.29, 0.717) is 17.6 Å². The minimum atomic E-state index is -0.131. The fraction of sp³-hybridized carbons (Fsp3) is 0.769. The summed E-state index contributed by atoms with van der Waals surface area (Å²) in [6.45, 7) is 9.28. The van der Waals surface area contributed by atoms with Gasteiger partial charge in [0, 0.05) is 0 Å². The average molecular weight is 387 g/mol. The molecule has 3 rings (SSSR count). The van der Waals surface area contributed by atoms with Gasteiger partial charge in [0.25, 0.3) is 0 Å². The molecule has 2 saturated carbocycles. The molecule has 6 atom stereocenters. The zero-order valence-electron chi connectivity index (χ0n) is 18.5. The zero-order valence-corrected chi connectivity index (χ0v) is 18.5. The van der Waals surface area contributed by atoms with Gasteiger partial charge in [-0.05, 0) is 104 Å². The second kappa shape index (κ2) is 9.65. The van der Waals surface area contributed by atoms with Crippen LogP contribution in [0.25, 0.3) is 0 Å². The lowest BCUT2D eigenvalue weighted by Gasteiger charge is -2.41. The maximum Gasteiger partial charge on any atom is 0.115 e. The van der Waals surface area contributed by atoms with Crippen LogP contribution in [0.4, 0.5) is 0 Å². The average Bonchev–Trinajstić information content (AvgIpc) is 3.07. The first-order valence-electron chi connectivity index (χ1n) is 11.8. The van der Waals surface area contributed by atoms with Gasteiger partial charge in [0.2, 0.25) is 0 Å². The molecule has 0 radical (unpaired) electrons. The number of fused-ring (bicyclic) bond motifs is 1. The van der Waals surface area contributed by atoms with Gasteiger partial charge < -0.3 is 10.2 Å². The Kier molecular flexibility index (Phi) is 7.48. The van der Waals surface area contributed by atoms with Crippen LogP contribution in [0, 0.1) is 42.4 Å². The van der Waals surface area contributed by atoms with Crippen LogP contribution in [-0.2, 0) is 6.42 Å². The maximum absolute atomic E-state index is 10.8. The minimum absolute atomic E-state index is 0.131. The third-order valence-electron chi connectivity index (χ3n) is 8.02. The van der Waals surface area contributed by atoms with Crippen LogP contribution in [0.2, 0.25) is 0 Å². The van der Waals surface area contributed by atoms with Crippen molar-refractivity contribution in [2.45, 2.75) is 91.6 Å². The van der Waals surface area contributed by atoms with Crippen molar-refractivity contribution >= 4 is 0 Å². The van der Waals surface area contributed by atoms with E-state index in [9.17, 15) is 10.2 Å². The fourth-order valence-electron chi connectivity index (χ4n) is 6.38. The first-order chi connectivity index (χ1) is 13.4. The van der Waals surface area contributed by atoms with E-state index in [4.69, 9.17) is 0 Å². The summed E-state index contributed by atoms with van der Waals surface area (Å²) in [4.78, 5) is 0. The van der Waals surface area contributed by atoms with E-state index >= 15 is 0 Å². The monoisotopic (exact) mass is 386 g/mol. The van der Waals surface area contributed by atoms with Crippen molar-refractivity contribution in [3.63, 3.8) is 0 Å². The fourth-order valence-corrected chi connectivity index (χ4v) is 6.38. The Hall–Kier alpha value is -1.02. The number of hydrogen-bond donors (Lipinski definition) is 2. The van der Waals surface area contributed by atoms with E-state index in [1.54, 1.807) is 6.07 Å². The lowest BCUT2D eigenvalue weighted by molar-refractivity contribution is -0.00415. The van der Waals surface area contributed by atoms with Crippen LogP contribution in [0.1, 0.15) is 83.3 Å². The molecular weight excluding hydrogens is 344 g/mol. The Morgan fingerprint density at radius 1 is 1.00 bits per heavy atom. The van der Waals surface area contributed by atoms with Gasteiger partial charge in [-0.25, -0.2) is 0 Å². The molecule has 2 N–H and O–H groups in total. The maximum atomic E-state index is 10.8. The molecule has 0 bridgehead atoms. The van der Waals surface area contributed by atoms with Crippen molar-refractivity contribution in [3.05, 3.63) is 29.3 Å². The van der Waals surface area contributed by atoms with Crippen molar-refractivity contribution in [2.75, 3.05) is 0 Å². The summed E-state index contributed by atoms with van der Waals surface area (Å²) < 4.78 is 0. The highest BCUT2D eigenvalue weighted by Crippen LogP contribution is 2.52. The summed E-state index contributed by atoms with van der Waals surface area (Å²) >= 11 is 0. The van der Waals surface area contributed by atoms with Crippen molar-refractivity contribution in [2.24, 2.45) is 35.5 Å². The molecular formula is C26H42O2. The van der Waals surface area contributed by atoms with E-state index in [0.717, 1.165) is 42.9 Å². The summed E-state index contributed by atoms with van der Waals surface area (Å²) in [6, 6.07) is 5.69. The second-order valence-electron chi connectivity index (χ2n) is 10.3. The second-order valence-corrected chi connectivity index (χ2v) is 10.3. The van der Waals surface area contributed by atoms with Crippen LogP contribution in [0.5, 0.6) is 5.75 Å². The van der Waals surface area contributed by atoms with Crippen LogP contribution >= 0.6 is 0 Å². The standard InChI is InChI=1S/C26H42O2/c1-17(2)6-5-7-19(4)22-12-13-24-23(22)14-15-26(28)25(24)11-9-20-16-21(27)10-8-18(20)3/h8,10,16-17,19,22-28H,5-7,9,11-15H2,1-4H3/t19-,22-,23?,24-,25?,26-/m1/s1. The number of aliphatic hydroxyl groups excluding tert-OH is 1. The lowest BCUT2D eigenvalue weighted by Crippen LogP contribution is -2.38. The molecule has 2 unspecified atom stereocenters. The van der Waals surface area contributed by atoms with Crippen molar-refractivity contribution < 1.29 is 10.2 Å². The van der Waals surface area contributed by atoms with E-state index in [2.05, 4.69) is 27.7 Å². The molecule has 0 heterocycles. The Labute approximate surface area is 172 Å². The molecule has 0 spiro atoms. The third-order valence-corrected chi connectivity index (χ3v) is 8.02. The molecule has 28 heavy (non-hydrogen) atoms. The summed E-state index contributed by atoms with van der Waals surface area (Å²) in [5.41, 5.74) is 2.49. The van der Waals surface area contributed by atoms with Crippen LogP contribution in [0.15, 0.2) is 18.2 Å². The topological polar surface area (TPSA) is 40.5 Å². The SMILES string of the molecule is Cc1ccc(O)cc1CCC1[C@@H]2CC[C@H]([C@H](C)CCCC(C)C)C2CC[C@H]1O. The van der Waals surface area contributed by atoms with Gasteiger partial charge in [-0.15, -0.1) is 0 Å². The highest BCUT2D eigenvalue weighted by Gasteiger charge is 2.46. The van der Waals surface area contributed by atoms with Crippen LogP contribution in [0.3, 0.4) is 0 Å². The summed E-state index contributed by atoms with van der Waals surface area (Å²) in [5, 5.41) is 20.6. The number of phenolic OH excluding ortho intramolecular Hbond substituents is 1. The number of benzene rings is 1. The van der Waals surface area contributed by atoms with Gasteiger partial charge in [-0.3, -0.25) is 0 Å². The van der Waals surface area contributed by atoms with Gasteiger partial charge in [0.05, 0.1) is 6.10 Å². The summed E-state index contributed by atoms with van der Waals surface area (Å²) in [5.74, 6) is 4.85. The number of aromatic hydroxyl groups is 1. The molecule has 2 nitrogen and oxygen atoms in total. The molecule has 2 aliphatic rings. The molecule has 0 amide bonds. The van der Waals surface area contributed by atoms with E-state index in [1.807, 2.05) is 12.1 Å². The summed E-state index contributed by atoms with van der Waals surface area (Å²) in [7, 11) is 0. The molecule has 158 valence electrons. The third kappa shape index (κ3) is 5.12. The number of phenols is 1. The Morgan fingerprint density at radius 3 is 2.50 bits per heavy atom. The molecule has 2 aliphatic carbocycles. The van der Waals surface area contributed by atoms with E-state index in [-0.39, 0.29) is 6.10 Å². The number of aliphatic hydroxyl groups is 1. The van der Waals surface area contributed by atoms with Gasteiger partial charge in [-0.1, -0.05) is 46.1 Å². The first-order valence-corrected chi connectivity index (χ1v) is 11.8. The Balaban J connectivity index is 1.60. The molecule has 0 aromatic heterocycles. The number of aryl methyl sites for hydroxylation is 2. The van der Waals surface area contributed by atoms with E-state index < -0.39 is 0 Å². The molecule has 0 aliphatic heterocycles. The lowest BCUT2D eigenvalue weighted by atomic mass is 9.66. The van der Waals surface area contributed by atoms with Gasteiger partial charge >= 0.3 is 0 Å². The molecule has 0 saturated heterocycles. The largest absolute Gasteiger partial charge is 0.508 e. The Bertz CT molecular complexity index is 623. The van der Waals surface area contributed by atoms with Crippen molar-refractivity contribution in [3.8, 4) is 5.75 Å². The number of hydrogen-bond acceptors (Lipinski definition) is 2. The molecule has 2 heteroatoms. The number of rotatable bonds is 8.